The molecule has 1 aromatic carbocycles. The van der Waals surface area contributed by atoms with E-state index in [0.29, 0.717) is 18.2 Å². The van der Waals surface area contributed by atoms with E-state index in [1.54, 1.807) is 12.1 Å². The van der Waals surface area contributed by atoms with Gasteiger partial charge in [0.25, 0.3) is 0 Å². The molecule has 1 amide bonds. The summed E-state index contributed by atoms with van der Waals surface area (Å²) in [7, 11) is -3.19. The summed E-state index contributed by atoms with van der Waals surface area (Å²) >= 11 is 0. The summed E-state index contributed by atoms with van der Waals surface area (Å²) in [5, 5.41) is 6.21. The number of benzene rings is 1. The lowest BCUT2D eigenvalue weighted by Gasteiger charge is -2.23. The van der Waals surface area contributed by atoms with Crippen molar-refractivity contribution in [3.8, 4) is 0 Å². The van der Waals surface area contributed by atoms with Gasteiger partial charge >= 0.3 is 0 Å². The third-order valence-corrected chi connectivity index (χ3v) is 4.83. The first-order chi connectivity index (χ1) is 9.95. The Bertz CT molecular complexity index is 575. The first-order valence-corrected chi connectivity index (χ1v) is 9.17. The van der Waals surface area contributed by atoms with Gasteiger partial charge in [0.1, 0.15) is 0 Å². The van der Waals surface area contributed by atoms with Crippen LogP contribution in [-0.2, 0) is 14.6 Å². The monoisotopic (exact) mass is 310 g/mol. The normalized spacial score (nSPS) is 19.2. The highest BCUT2D eigenvalue weighted by atomic mass is 32.2. The molecule has 1 heterocycles. The van der Waals surface area contributed by atoms with Gasteiger partial charge in [-0.05, 0) is 50.1 Å². The molecule has 1 aromatic rings. The zero-order valence-electron chi connectivity index (χ0n) is 12.3. The minimum Gasteiger partial charge on any atom is -0.326 e. The fourth-order valence-corrected chi connectivity index (χ4v) is 3.12. The summed E-state index contributed by atoms with van der Waals surface area (Å²) in [6.45, 7) is 1.04. The molecule has 1 fully saturated rings. The van der Waals surface area contributed by atoms with Gasteiger partial charge in [0.2, 0.25) is 5.91 Å². The van der Waals surface area contributed by atoms with Gasteiger partial charge in [-0.3, -0.25) is 4.79 Å². The van der Waals surface area contributed by atoms with E-state index < -0.39 is 9.84 Å². The predicted molar refractivity (Wildman–Crippen MR) is 83.1 cm³/mol. The topological polar surface area (TPSA) is 75.3 Å². The van der Waals surface area contributed by atoms with E-state index in [9.17, 15) is 13.2 Å². The Balaban J connectivity index is 1.82. The zero-order chi connectivity index (χ0) is 15.3. The van der Waals surface area contributed by atoms with E-state index in [1.807, 2.05) is 0 Å². The molecule has 116 valence electrons. The van der Waals surface area contributed by atoms with Crippen LogP contribution in [0, 0.1) is 0 Å². The molecule has 2 N–H and O–H groups in total. The van der Waals surface area contributed by atoms with Crippen molar-refractivity contribution in [1.82, 2.24) is 5.32 Å². The Kier molecular flexibility index (Phi) is 5.36. The van der Waals surface area contributed by atoms with Crippen molar-refractivity contribution in [3.63, 3.8) is 0 Å². The summed E-state index contributed by atoms with van der Waals surface area (Å²) in [6, 6.07) is 6.69. The summed E-state index contributed by atoms with van der Waals surface area (Å²) in [5.41, 5.74) is 0.629. The number of piperidine rings is 1. The average Bonchev–Trinajstić information content (AvgIpc) is 2.46. The maximum atomic E-state index is 11.9. The lowest BCUT2D eigenvalue weighted by Crippen LogP contribution is -2.34. The maximum Gasteiger partial charge on any atom is 0.224 e. The fourth-order valence-electron chi connectivity index (χ4n) is 2.48. The number of amides is 1. The lowest BCUT2D eigenvalue weighted by molar-refractivity contribution is -0.116. The molecular formula is C15H22N2O3S. The number of anilines is 1. The molecule has 5 nitrogen and oxygen atoms in total. The quantitative estimate of drug-likeness (QED) is 0.871. The minimum atomic E-state index is -3.19. The van der Waals surface area contributed by atoms with E-state index >= 15 is 0 Å². The number of nitrogens with one attached hydrogen (secondary N) is 2. The van der Waals surface area contributed by atoms with Crippen LogP contribution in [-0.4, -0.2) is 33.2 Å². The van der Waals surface area contributed by atoms with Gasteiger partial charge in [-0.1, -0.05) is 6.42 Å². The van der Waals surface area contributed by atoms with Crippen LogP contribution in [0.15, 0.2) is 29.2 Å². The molecule has 1 saturated heterocycles. The van der Waals surface area contributed by atoms with E-state index in [0.717, 1.165) is 25.6 Å². The molecule has 0 spiro atoms. The second kappa shape index (κ2) is 7.04. The van der Waals surface area contributed by atoms with Crippen LogP contribution in [0.2, 0.25) is 0 Å². The third kappa shape index (κ3) is 5.13. The number of hydrogen-bond donors (Lipinski definition) is 2. The van der Waals surface area contributed by atoms with Crippen LogP contribution >= 0.6 is 0 Å². The van der Waals surface area contributed by atoms with Gasteiger partial charge in [-0.2, -0.15) is 0 Å². The van der Waals surface area contributed by atoms with Crippen molar-refractivity contribution in [1.29, 1.82) is 0 Å². The molecule has 21 heavy (non-hydrogen) atoms. The zero-order valence-corrected chi connectivity index (χ0v) is 13.1. The Morgan fingerprint density at radius 3 is 2.57 bits per heavy atom. The van der Waals surface area contributed by atoms with Gasteiger partial charge in [0.05, 0.1) is 4.90 Å². The smallest absolute Gasteiger partial charge is 0.224 e. The van der Waals surface area contributed by atoms with E-state index in [1.165, 1.54) is 25.0 Å². The SMILES string of the molecule is CS(=O)(=O)c1ccc(NC(=O)CCC2CCCCN2)cc1. The largest absolute Gasteiger partial charge is 0.326 e. The number of carbonyl (C=O) groups is 1. The van der Waals surface area contributed by atoms with Crippen LogP contribution < -0.4 is 10.6 Å². The Labute approximate surface area is 126 Å². The van der Waals surface area contributed by atoms with Crippen molar-refractivity contribution < 1.29 is 13.2 Å². The maximum absolute atomic E-state index is 11.9. The highest BCUT2D eigenvalue weighted by Crippen LogP contribution is 2.15. The van der Waals surface area contributed by atoms with Crippen molar-refractivity contribution in [2.45, 2.75) is 43.0 Å². The lowest BCUT2D eigenvalue weighted by atomic mass is 10.0. The third-order valence-electron chi connectivity index (χ3n) is 3.70. The van der Waals surface area contributed by atoms with Gasteiger partial charge < -0.3 is 10.6 Å². The average molecular weight is 310 g/mol. The molecule has 0 bridgehead atoms. The Morgan fingerprint density at radius 1 is 1.29 bits per heavy atom. The summed E-state index contributed by atoms with van der Waals surface area (Å²) in [6.07, 6.45) is 6.06. The fraction of sp³-hybridized carbons (Fsp3) is 0.533. The summed E-state index contributed by atoms with van der Waals surface area (Å²) in [4.78, 5) is 12.1. The molecule has 1 aliphatic heterocycles. The van der Waals surface area contributed by atoms with E-state index in [4.69, 9.17) is 0 Å². The highest BCUT2D eigenvalue weighted by Gasteiger charge is 2.14. The molecule has 0 aromatic heterocycles. The Hall–Kier alpha value is -1.40. The molecule has 1 unspecified atom stereocenters. The van der Waals surface area contributed by atoms with Crippen LogP contribution in [0.4, 0.5) is 5.69 Å². The van der Waals surface area contributed by atoms with Crippen LogP contribution in [0.3, 0.4) is 0 Å². The number of sulfone groups is 1. The minimum absolute atomic E-state index is 0.0329. The van der Waals surface area contributed by atoms with Crippen LogP contribution in [0.1, 0.15) is 32.1 Å². The molecule has 6 heteroatoms. The first kappa shape index (κ1) is 16.0. The van der Waals surface area contributed by atoms with Crippen molar-refractivity contribution in [3.05, 3.63) is 24.3 Å². The van der Waals surface area contributed by atoms with E-state index in [-0.39, 0.29) is 10.8 Å². The summed E-state index contributed by atoms with van der Waals surface area (Å²) < 4.78 is 22.7. The second-order valence-corrected chi connectivity index (χ2v) is 7.55. The predicted octanol–water partition coefficient (Wildman–Crippen LogP) is 1.95. The Morgan fingerprint density at radius 2 is 2.00 bits per heavy atom. The van der Waals surface area contributed by atoms with Gasteiger partial charge in [0, 0.05) is 24.4 Å². The van der Waals surface area contributed by atoms with Crippen LogP contribution in [0.5, 0.6) is 0 Å². The molecule has 1 atom stereocenters. The summed E-state index contributed by atoms with van der Waals surface area (Å²) in [5.74, 6) is -0.0329. The second-order valence-electron chi connectivity index (χ2n) is 5.53. The first-order valence-electron chi connectivity index (χ1n) is 7.28. The number of hydrogen-bond acceptors (Lipinski definition) is 4. The molecule has 0 saturated carbocycles. The van der Waals surface area contributed by atoms with Gasteiger partial charge in [-0.25, -0.2) is 8.42 Å². The van der Waals surface area contributed by atoms with Crippen molar-refractivity contribution in [2.24, 2.45) is 0 Å². The molecule has 1 aliphatic rings. The number of carbonyl (C=O) groups excluding carboxylic acids is 1. The molecule has 2 rings (SSSR count). The highest BCUT2D eigenvalue weighted by molar-refractivity contribution is 7.90. The van der Waals surface area contributed by atoms with Gasteiger partial charge in [-0.15, -0.1) is 0 Å². The van der Waals surface area contributed by atoms with E-state index in [2.05, 4.69) is 10.6 Å². The standard InChI is InChI=1S/C15H22N2O3S/c1-21(19,20)14-8-5-13(6-9-14)17-15(18)10-7-12-4-2-3-11-16-12/h5-6,8-9,12,16H,2-4,7,10-11H2,1H3,(H,17,18). The van der Waals surface area contributed by atoms with Crippen LogP contribution in [0.25, 0.3) is 0 Å². The van der Waals surface area contributed by atoms with Crippen molar-refractivity contribution in [2.75, 3.05) is 18.1 Å². The molecule has 0 aliphatic carbocycles. The molecular weight excluding hydrogens is 288 g/mol. The molecule has 0 radical (unpaired) electrons. The van der Waals surface area contributed by atoms with Gasteiger partial charge in [0.15, 0.2) is 9.84 Å². The van der Waals surface area contributed by atoms with Crippen molar-refractivity contribution >= 4 is 21.4 Å². The number of rotatable bonds is 5.